The second-order valence-corrected chi connectivity index (χ2v) is 8.27. The van der Waals surface area contributed by atoms with Crippen molar-refractivity contribution in [2.45, 2.75) is 53.1 Å². The van der Waals surface area contributed by atoms with E-state index in [-0.39, 0.29) is 24.0 Å². The van der Waals surface area contributed by atoms with Crippen molar-refractivity contribution in [2.75, 3.05) is 24.5 Å². The first kappa shape index (κ1) is 22.9. The maximum atomic E-state index is 4.74. The molecule has 0 saturated carbocycles. The molecule has 3 rings (SSSR count). The minimum Gasteiger partial charge on any atom is -0.357 e. The van der Waals surface area contributed by atoms with Gasteiger partial charge >= 0.3 is 0 Å². The van der Waals surface area contributed by atoms with Crippen molar-refractivity contribution >= 4 is 47.1 Å². The lowest BCUT2D eigenvalue weighted by Crippen LogP contribution is -2.48. The number of hydrogen-bond acceptors (Lipinski definition) is 5. The maximum absolute atomic E-state index is 4.74. The number of guanidine groups is 1. The minimum atomic E-state index is 0. The van der Waals surface area contributed by atoms with Crippen molar-refractivity contribution in [3.05, 3.63) is 39.5 Å². The molecular weight excluding hydrogens is 483 g/mol. The van der Waals surface area contributed by atoms with Crippen LogP contribution in [0.3, 0.4) is 0 Å². The van der Waals surface area contributed by atoms with Gasteiger partial charge in [0, 0.05) is 36.2 Å². The normalized spacial score (nSPS) is 15.3. The molecular formula is C20H31IN6S. The van der Waals surface area contributed by atoms with E-state index in [9.17, 15) is 0 Å². The third kappa shape index (κ3) is 6.30. The maximum Gasteiger partial charge on any atom is 0.191 e. The van der Waals surface area contributed by atoms with Crippen LogP contribution in [0.5, 0.6) is 0 Å². The first-order valence-electron chi connectivity index (χ1n) is 9.71. The second-order valence-electron chi connectivity index (χ2n) is 6.99. The fraction of sp³-hybridized carbons (Fsp3) is 0.550. The molecule has 2 aromatic rings. The molecule has 1 aliphatic rings. The van der Waals surface area contributed by atoms with Gasteiger partial charge in [0.25, 0.3) is 0 Å². The molecule has 0 aromatic carbocycles. The van der Waals surface area contributed by atoms with Crippen LogP contribution >= 0.6 is 35.3 Å². The van der Waals surface area contributed by atoms with E-state index in [1.54, 1.807) is 11.3 Å². The number of nitrogens with one attached hydrogen (secondary N) is 2. The second kappa shape index (κ2) is 10.9. The first-order chi connectivity index (χ1) is 13.0. The van der Waals surface area contributed by atoms with Crippen molar-refractivity contribution in [3.63, 3.8) is 0 Å². The van der Waals surface area contributed by atoms with Crippen LogP contribution < -0.4 is 15.5 Å². The molecule has 1 aliphatic heterocycles. The monoisotopic (exact) mass is 514 g/mol. The summed E-state index contributed by atoms with van der Waals surface area (Å²) < 4.78 is 0. The van der Waals surface area contributed by atoms with Gasteiger partial charge in [-0.1, -0.05) is 6.07 Å². The lowest BCUT2D eigenvalue weighted by Gasteiger charge is -2.34. The van der Waals surface area contributed by atoms with Gasteiger partial charge in [0.15, 0.2) is 5.96 Å². The Bertz CT molecular complexity index is 763. The zero-order valence-corrected chi connectivity index (χ0v) is 20.3. The molecule has 8 heteroatoms. The molecule has 0 radical (unpaired) electrons. The van der Waals surface area contributed by atoms with E-state index in [0.29, 0.717) is 12.6 Å². The van der Waals surface area contributed by atoms with Gasteiger partial charge in [-0.05, 0) is 52.7 Å². The van der Waals surface area contributed by atoms with Crippen molar-refractivity contribution in [3.8, 4) is 0 Å². The number of nitrogens with zero attached hydrogens (tertiary/aromatic N) is 4. The third-order valence-corrected chi connectivity index (χ3v) is 5.88. The topological polar surface area (TPSA) is 65.4 Å². The highest BCUT2D eigenvalue weighted by Crippen LogP contribution is 2.19. The van der Waals surface area contributed by atoms with Gasteiger partial charge in [0.05, 0.1) is 12.2 Å². The predicted octanol–water partition coefficient (Wildman–Crippen LogP) is 3.81. The van der Waals surface area contributed by atoms with Gasteiger partial charge < -0.3 is 15.5 Å². The minimum absolute atomic E-state index is 0. The fourth-order valence-corrected chi connectivity index (χ4v) is 4.08. The smallest absolute Gasteiger partial charge is 0.191 e. The molecule has 2 N–H and O–H groups in total. The molecule has 1 fully saturated rings. The molecule has 0 unspecified atom stereocenters. The number of rotatable bonds is 5. The summed E-state index contributed by atoms with van der Waals surface area (Å²) in [5.41, 5.74) is 2.18. The first-order valence-corrected chi connectivity index (χ1v) is 10.5. The molecule has 0 bridgehead atoms. The molecule has 1 saturated heterocycles. The number of halogens is 1. The van der Waals surface area contributed by atoms with E-state index in [1.165, 1.54) is 4.88 Å². The number of hydrogen-bond donors (Lipinski definition) is 2. The zero-order chi connectivity index (χ0) is 19.2. The average Bonchev–Trinajstić information content (AvgIpc) is 2.98. The Labute approximate surface area is 189 Å². The van der Waals surface area contributed by atoms with Gasteiger partial charge in [-0.15, -0.1) is 35.3 Å². The standard InChI is InChI=1S/C20H30N6S.HI/c1-5-21-20(22-13-19-24-15(3)16(4)27-19)25-17-9-11-26(12-10-17)18-8-6-7-14(2)23-18;/h6-8,17H,5,9-13H2,1-4H3,(H2,21,22,25);1H. The van der Waals surface area contributed by atoms with Crippen molar-refractivity contribution < 1.29 is 0 Å². The van der Waals surface area contributed by atoms with Crippen LogP contribution in [0.1, 0.15) is 41.0 Å². The Balaban J connectivity index is 0.00000280. The Morgan fingerprint density at radius 3 is 2.57 bits per heavy atom. The summed E-state index contributed by atoms with van der Waals surface area (Å²) in [5, 5.41) is 8.03. The molecule has 6 nitrogen and oxygen atoms in total. The summed E-state index contributed by atoms with van der Waals surface area (Å²) in [6.45, 7) is 11.8. The van der Waals surface area contributed by atoms with Crippen molar-refractivity contribution in [2.24, 2.45) is 4.99 Å². The van der Waals surface area contributed by atoms with E-state index >= 15 is 0 Å². The van der Waals surface area contributed by atoms with Gasteiger partial charge in [-0.3, -0.25) is 0 Å². The number of anilines is 1. The number of thiazole rings is 1. The van der Waals surface area contributed by atoms with Crippen LogP contribution in [0.15, 0.2) is 23.2 Å². The fourth-order valence-electron chi connectivity index (χ4n) is 3.22. The summed E-state index contributed by atoms with van der Waals surface area (Å²) in [5.74, 6) is 1.97. The van der Waals surface area contributed by atoms with Gasteiger partial charge in [0.1, 0.15) is 10.8 Å². The Morgan fingerprint density at radius 2 is 1.96 bits per heavy atom. The number of aliphatic imine (C=N–C) groups is 1. The van der Waals surface area contributed by atoms with Crippen LogP contribution in [-0.4, -0.2) is 41.6 Å². The molecule has 28 heavy (non-hydrogen) atoms. The number of pyridine rings is 1. The molecule has 2 aromatic heterocycles. The van der Waals surface area contributed by atoms with E-state index in [1.807, 2.05) is 13.0 Å². The van der Waals surface area contributed by atoms with Crippen LogP contribution in [0, 0.1) is 20.8 Å². The summed E-state index contributed by atoms with van der Waals surface area (Å²) >= 11 is 1.73. The molecule has 154 valence electrons. The Kier molecular flexibility index (Phi) is 8.94. The van der Waals surface area contributed by atoms with Crippen LogP contribution in [0.2, 0.25) is 0 Å². The zero-order valence-electron chi connectivity index (χ0n) is 17.2. The van der Waals surface area contributed by atoms with E-state index in [4.69, 9.17) is 4.99 Å². The van der Waals surface area contributed by atoms with Gasteiger partial charge in [0.2, 0.25) is 0 Å². The van der Waals surface area contributed by atoms with Crippen molar-refractivity contribution in [1.82, 2.24) is 20.6 Å². The number of aryl methyl sites for hydroxylation is 3. The molecule has 3 heterocycles. The molecule has 0 atom stereocenters. The van der Waals surface area contributed by atoms with Gasteiger partial charge in [-0.25, -0.2) is 15.0 Å². The van der Waals surface area contributed by atoms with Crippen LogP contribution in [0.4, 0.5) is 5.82 Å². The lowest BCUT2D eigenvalue weighted by molar-refractivity contribution is 0.459. The average molecular weight is 514 g/mol. The highest BCUT2D eigenvalue weighted by Gasteiger charge is 2.21. The van der Waals surface area contributed by atoms with E-state index in [0.717, 1.165) is 60.6 Å². The number of aromatic nitrogens is 2. The quantitative estimate of drug-likeness (QED) is 0.361. The summed E-state index contributed by atoms with van der Waals surface area (Å²) in [4.78, 5) is 17.6. The van der Waals surface area contributed by atoms with E-state index < -0.39 is 0 Å². The predicted molar refractivity (Wildman–Crippen MR) is 129 cm³/mol. The molecule has 0 aliphatic carbocycles. The SMILES string of the molecule is CCNC(=NCc1nc(C)c(C)s1)NC1CCN(c2cccc(C)n2)CC1.I. The lowest BCUT2D eigenvalue weighted by atomic mass is 10.1. The van der Waals surface area contributed by atoms with Crippen LogP contribution in [-0.2, 0) is 6.54 Å². The number of piperidine rings is 1. The summed E-state index contributed by atoms with van der Waals surface area (Å²) in [7, 11) is 0. The molecule has 0 spiro atoms. The highest BCUT2D eigenvalue weighted by atomic mass is 127. The Hall–Kier alpha value is -1.42. The molecule has 0 amide bonds. The van der Waals surface area contributed by atoms with Gasteiger partial charge in [-0.2, -0.15) is 0 Å². The van der Waals surface area contributed by atoms with E-state index in [2.05, 4.69) is 58.4 Å². The third-order valence-electron chi connectivity index (χ3n) is 4.82. The van der Waals surface area contributed by atoms with Crippen molar-refractivity contribution in [1.29, 1.82) is 0 Å². The van der Waals surface area contributed by atoms with Crippen LogP contribution in [0.25, 0.3) is 0 Å². The largest absolute Gasteiger partial charge is 0.357 e. The Morgan fingerprint density at radius 1 is 1.21 bits per heavy atom. The highest BCUT2D eigenvalue weighted by molar-refractivity contribution is 14.0. The summed E-state index contributed by atoms with van der Waals surface area (Å²) in [6.07, 6.45) is 2.16. The summed E-state index contributed by atoms with van der Waals surface area (Å²) in [6, 6.07) is 6.66.